The van der Waals surface area contributed by atoms with Crippen LogP contribution >= 0.6 is 0 Å². The van der Waals surface area contributed by atoms with Gasteiger partial charge in [0.25, 0.3) is 5.56 Å². The summed E-state index contributed by atoms with van der Waals surface area (Å²) in [5.41, 5.74) is 0.130. The average Bonchev–Trinajstić information content (AvgIpc) is 3.20. The van der Waals surface area contributed by atoms with Crippen LogP contribution in [0.1, 0.15) is 38.5 Å². The average molecular weight is 489 g/mol. The van der Waals surface area contributed by atoms with Crippen LogP contribution in [0.2, 0.25) is 0 Å². The van der Waals surface area contributed by atoms with Gasteiger partial charge >= 0.3 is 5.69 Å². The summed E-state index contributed by atoms with van der Waals surface area (Å²) in [6.45, 7) is -0.252. The summed E-state index contributed by atoms with van der Waals surface area (Å²) in [7, 11) is 0. The van der Waals surface area contributed by atoms with E-state index in [-0.39, 0.29) is 42.8 Å². The van der Waals surface area contributed by atoms with Crippen molar-refractivity contribution in [2.75, 3.05) is 5.32 Å². The molecule has 0 bridgehead atoms. The number of rotatable bonds is 7. The van der Waals surface area contributed by atoms with Crippen molar-refractivity contribution >= 4 is 34.2 Å². The molecule has 5 rings (SSSR count). The third kappa shape index (κ3) is 4.79. The summed E-state index contributed by atoms with van der Waals surface area (Å²) in [6, 6.07) is 15.8. The largest absolute Gasteiger partial charge is 0.353 e. The SMILES string of the molecule is O=C(Cn1nc2n(CCC(=O)NC3CCCCC3)c(=O)c3ccccc3n2c1=O)Nc1ccccc1. The van der Waals surface area contributed by atoms with E-state index in [1.54, 1.807) is 48.5 Å². The number of aryl methyl sites for hydroxylation is 1. The second kappa shape index (κ2) is 10.2. The van der Waals surface area contributed by atoms with E-state index >= 15 is 0 Å². The minimum Gasteiger partial charge on any atom is -0.353 e. The van der Waals surface area contributed by atoms with Crippen LogP contribution in [0.4, 0.5) is 5.69 Å². The fourth-order valence-electron chi connectivity index (χ4n) is 4.79. The number of aromatic nitrogens is 4. The molecule has 4 aromatic rings. The number of amides is 2. The van der Waals surface area contributed by atoms with Crippen molar-refractivity contribution in [3.8, 4) is 0 Å². The molecule has 2 N–H and O–H groups in total. The Kier molecular flexibility index (Phi) is 6.66. The number of para-hydroxylation sites is 2. The molecule has 1 saturated carbocycles. The van der Waals surface area contributed by atoms with Gasteiger partial charge in [-0.2, -0.15) is 0 Å². The van der Waals surface area contributed by atoms with Gasteiger partial charge in [0.1, 0.15) is 6.54 Å². The van der Waals surface area contributed by atoms with Crippen LogP contribution in [0.15, 0.2) is 64.2 Å². The number of anilines is 1. The van der Waals surface area contributed by atoms with Gasteiger partial charge in [-0.15, -0.1) is 5.10 Å². The highest BCUT2D eigenvalue weighted by Gasteiger charge is 2.20. The molecule has 0 saturated heterocycles. The maximum atomic E-state index is 13.3. The van der Waals surface area contributed by atoms with Crippen molar-refractivity contribution in [1.82, 2.24) is 24.1 Å². The van der Waals surface area contributed by atoms with Gasteiger partial charge in [-0.25, -0.2) is 13.9 Å². The van der Waals surface area contributed by atoms with Crippen molar-refractivity contribution in [2.45, 2.75) is 57.7 Å². The summed E-state index contributed by atoms with van der Waals surface area (Å²) in [5, 5.41) is 10.5. The highest BCUT2D eigenvalue weighted by Crippen LogP contribution is 2.17. The van der Waals surface area contributed by atoms with E-state index in [0.29, 0.717) is 16.6 Å². The Balaban J connectivity index is 1.45. The highest BCUT2D eigenvalue weighted by atomic mass is 16.2. The van der Waals surface area contributed by atoms with E-state index in [1.165, 1.54) is 15.4 Å². The van der Waals surface area contributed by atoms with Crippen LogP contribution in [0.5, 0.6) is 0 Å². The van der Waals surface area contributed by atoms with Gasteiger partial charge in [0, 0.05) is 24.7 Å². The number of hydrogen-bond donors (Lipinski definition) is 2. The van der Waals surface area contributed by atoms with Gasteiger partial charge in [-0.1, -0.05) is 49.6 Å². The van der Waals surface area contributed by atoms with Gasteiger partial charge in [0.05, 0.1) is 10.9 Å². The summed E-state index contributed by atoms with van der Waals surface area (Å²) in [5.74, 6) is -0.456. The molecule has 0 atom stereocenters. The second-order valence-electron chi connectivity index (χ2n) is 9.12. The van der Waals surface area contributed by atoms with Crippen molar-refractivity contribution in [3.05, 3.63) is 75.4 Å². The maximum absolute atomic E-state index is 13.3. The zero-order valence-electron chi connectivity index (χ0n) is 19.9. The van der Waals surface area contributed by atoms with Crippen LogP contribution in [0.25, 0.3) is 16.7 Å². The molecule has 0 aliphatic heterocycles. The lowest BCUT2D eigenvalue weighted by Crippen LogP contribution is -2.37. The molecule has 10 nitrogen and oxygen atoms in total. The van der Waals surface area contributed by atoms with Crippen molar-refractivity contribution in [1.29, 1.82) is 0 Å². The van der Waals surface area contributed by atoms with Crippen molar-refractivity contribution in [3.63, 3.8) is 0 Å². The molecule has 1 aliphatic carbocycles. The zero-order chi connectivity index (χ0) is 25.1. The Labute approximate surface area is 206 Å². The smallest absolute Gasteiger partial charge is 0.352 e. The minimum atomic E-state index is -0.537. The molecule has 0 unspecified atom stereocenters. The number of carbonyl (C=O) groups is 2. The first kappa shape index (κ1) is 23.5. The normalized spacial score (nSPS) is 14.2. The van der Waals surface area contributed by atoms with Crippen LogP contribution in [-0.4, -0.2) is 36.6 Å². The molecular weight excluding hydrogens is 460 g/mol. The Bertz CT molecular complexity index is 1530. The molecule has 10 heteroatoms. The van der Waals surface area contributed by atoms with E-state index < -0.39 is 11.6 Å². The zero-order valence-corrected chi connectivity index (χ0v) is 19.9. The van der Waals surface area contributed by atoms with Gasteiger partial charge < -0.3 is 10.6 Å². The van der Waals surface area contributed by atoms with E-state index in [4.69, 9.17) is 0 Å². The van der Waals surface area contributed by atoms with E-state index in [2.05, 4.69) is 15.7 Å². The number of carbonyl (C=O) groups excluding carboxylic acids is 2. The molecule has 36 heavy (non-hydrogen) atoms. The van der Waals surface area contributed by atoms with Crippen LogP contribution < -0.4 is 21.9 Å². The number of nitrogens with zero attached hydrogens (tertiary/aromatic N) is 4. The first-order chi connectivity index (χ1) is 17.5. The van der Waals surface area contributed by atoms with Crippen molar-refractivity contribution < 1.29 is 9.59 Å². The van der Waals surface area contributed by atoms with E-state index in [9.17, 15) is 19.2 Å². The Morgan fingerprint density at radius 2 is 1.64 bits per heavy atom. The van der Waals surface area contributed by atoms with E-state index in [0.717, 1.165) is 30.4 Å². The Morgan fingerprint density at radius 1 is 0.917 bits per heavy atom. The highest BCUT2D eigenvalue weighted by molar-refractivity contribution is 5.90. The van der Waals surface area contributed by atoms with E-state index in [1.807, 2.05) is 6.07 Å². The van der Waals surface area contributed by atoms with Gasteiger partial charge in [-0.05, 0) is 37.1 Å². The third-order valence-corrected chi connectivity index (χ3v) is 6.57. The summed E-state index contributed by atoms with van der Waals surface area (Å²) in [4.78, 5) is 51.8. The molecule has 1 fully saturated rings. The molecule has 2 aromatic carbocycles. The van der Waals surface area contributed by atoms with Crippen molar-refractivity contribution in [2.24, 2.45) is 0 Å². The fraction of sp³-hybridized carbons (Fsp3) is 0.346. The molecule has 2 aromatic heterocycles. The number of benzene rings is 2. The molecule has 0 radical (unpaired) electrons. The predicted molar refractivity (Wildman–Crippen MR) is 136 cm³/mol. The standard InChI is InChI=1S/C26H28N6O4/c33-22(27-18-9-3-1-4-10-18)15-16-30-24(35)20-13-7-8-14-21(20)32-25(30)29-31(26(32)36)17-23(34)28-19-11-5-2-6-12-19/h2,5-8,11-14,18H,1,3-4,9-10,15-17H2,(H,27,33)(H,28,34). The first-order valence-corrected chi connectivity index (χ1v) is 12.3. The number of hydrogen-bond acceptors (Lipinski definition) is 5. The lowest BCUT2D eigenvalue weighted by atomic mass is 9.95. The number of nitrogens with one attached hydrogen (secondary N) is 2. The number of fused-ring (bicyclic) bond motifs is 3. The second-order valence-corrected chi connectivity index (χ2v) is 9.12. The van der Waals surface area contributed by atoms with Crippen LogP contribution in [0.3, 0.4) is 0 Å². The summed E-state index contributed by atoms with van der Waals surface area (Å²) >= 11 is 0. The van der Waals surface area contributed by atoms with Gasteiger partial charge in [0.2, 0.25) is 17.6 Å². The lowest BCUT2D eigenvalue weighted by molar-refractivity contribution is -0.122. The monoisotopic (exact) mass is 488 g/mol. The Morgan fingerprint density at radius 3 is 2.42 bits per heavy atom. The third-order valence-electron chi connectivity index (χ3n) is 6.57. The van der Waals surface area contributed by atoms with Gasteiger partial charge in [-0.3, -0.25) is 19.0 Å². The maximum Gasteiger partial charge on any atom is 0.352 e. The first-order valence-electron chi connectivity index (χ1n) is 12.3. The quantitative estimate of drug-likeness (QED) is 0.414. The topological polar surface area (TPSA) is 120 Å². The molecule has 0 spiro atoms. The Hall–Kier alpha value is -4.21. The molecular formula is C26H28N6O4. The molecule has 2 heterocycles. The minimum absolute atomic E-state index is 0.0678. The molecule has 2 amide bonds. The summed E-state index contributed by atoms with van der Waals surface area (Å²) < 4.78 is 3.71. The van der Waals surface area contributed by atoms with Crippen LogP contribution in [-0.2, 0) is 22.7 Å². The molecule has 186 valence electrons. The van der Waals surface area contributed by atoms with Crippen LogP contribution in [0, 0.1) is 0 Å². The molecule has 1 aliphatic rings. The fourth-order valence-corrected chi connectivity index (χ4v) is 4.79. The lowest BCUT2D eigenvalue weighted by Gasteiger charge is -2.22. The predicted octanol–water partition coefficient (Wildman–Crippen LogP) is 2.29. The summed E-state index contributed by atoms with van der Waals surface area (Å²) in [6.07, 6.45) is 5.42. The van der Waals surface area contributed by atoms with Gasteiger partial charge in [0.15, 0.2) is 0 Å².